The molecule has 0 bridgehead atoms. The molecule has 2 N–H and O–H groups in total. The fourth-order valence-electron chi connectivity index (χ4n) is 1.71. The lowest BCUT2D eigenvalue weighted by Crippen LogP contribution is -1.98. The third kappa shape index (κ3) is 2.23. The van der Waals surface area contributed by atoms with E-state index in [1.165, 1.54) is 0 Å². The number of ether oxygens (including phenoxy) is 1. The number of hydrogen-bond donors (Lipinski definition) is 1. The van der Waals surface area contributed by atoms with Gasteiger partial charge in [-0.25, -0.2) is 9.97 Å². The minimum Gasteiger partial charge on any atom is -0.496 e. The lowest BCUT2D eigenvalue weighted by molar-refractivity contribution is 0.416. The van der Waals surface area contributed by atoms with E-state index >= 15 is 0 Å². The molecule has 1 aromatic carbocycles. The van der Waals surface area contributed by atoms with Gasteiger partial charge < -0.3 is 10.5 Å². The van der Waals surface area contributed by atoms with Crippen molar-refractivity contribution in [2.75, 3.05) is 12.8 Å². The summed E-state index contributed by atoms with van der Waals surface area (Å²) in [6, 6.07) is 8.90. The normalized spacial score (nSPS) is 9.83. The standard InChI is InChI=1S/C13H12N4O/c1-8-16-11(6-13(15)17-8)10-5-9(7-14)3-4-12(10)18-2/h3-6H,1-2H3,(H2,15,16,17). The van der Waals surface area contributed by atoms with Crippen molar-refractivity contribution in [2.45, 2.75) is 6.92 Å². The summed E-state index contributed by atoms with van der Waals surface area (Å²) in [6.07, 6.45) is 0. The SMILES string of the molecule is COc1ccc(C#N)cc1-c1cc(N)nc(C)n1. The first-order valence-corrected chi connectivity index (χ1v) is 5.33. The maximum absolute atomic E-state index is 8.93. The van der Waals surface area contributed by atoms with E-state index in [1.807, 2.05) is 0 Å². The predicted octanol–water partition coefficient (Wildman–Crippen LogP) is 1.91. The summed E-state index contributed by atoms with van der Waals surface area (Å²) in [5.74, 6) is 1.61. The van der Waals surface area contributed by atoms with Crippen LogP contribution in [0, 0.1) is 18.3 Å². The third-order valence-electron chi connectivity index (χ3n) is 2.46. The second-order valence-electron chi connectivity index (χ2n) is 3.75. The van der Waals surface area contributed by atoms with Gasteiger partial charge in [0.25, 0.3) is 0 Å². The molecule has 0 radical (unpaired) electrons. The maximum atomic E-state index is 8.93. The number of nitrogen functional groups attached to an aromatic ring is 1. The largest absolute Gasteiger partial charge is 0.496 e. The van der Waals surface area contributed by atoms with Crippen molar-refractivity contribution in [1.82, 2.24) is 9.97 Å². The van der Waals surface area contributed by atoms with E-state index in [0.717, 1.165) is 5.56 Å². The monoisotopic (exact) mass is 240 g/mol. The molecule has 0 atom stereocenters. The summed E-state index contributed by atoms with van der Waals surface area (Å²) in [7, 11) is 1.57. The Morgan fingerprint density at radius 1 is 1.28 bits per heavy atom. The van der Waals surface area contributed by atoms with Crippen molar-refractivity contribution >= 4 is 5.82 Å². The van der Waals surface area contributed by atoms with Gasteiger partial charge in [0.05, 0.1) is 24.4 Å². The Morgan fingerprint density at radius 2 is 2.06 bits per heavy atom. The molecule has 0 saturated heterocycles. The number of anilines is 1. The Kier molecular flexibility index (Phi) is 3.11. The molecule has 0 unspecified atom stereocenters. The first-order valence-electron chi connectivity index (χ1n) is 5.33. The number of rotatable bonds is 2. The number of nitriles is 1. The van der Waals surface area contributed by atoms with Crippen LogP contribution in [0.5, 0.6) is 5.75 Å². The molecule has 90 valence electrons. The molecule has 0 saturated carbocycles. The molecule has 1 aromatic heterocycles. The second kappa shape index (κ2) is 4.72. The van der Waals surface area contributed by atoms with Crippen LogP contribution in [0.2, 0.25) is 0 Å². The molecule has 5 nitrogen and oxygen atoms in total. The number of nitrogens with two attached hydrogens (primary N) is 1. The van der Waals surface area contributed by atoms with Crippen molar-refractivity contribution in [1.29, 1.82) is 5.26 Å². The van der Waals surface area contributed by atoms with E-state index in [0.29, 0.717) is 28.6 Å². The predicted molar refractivity (Wildman–Crippen MR) is 67.9 cm³/mol. The van der Waals surface area contributed by atoms with Crippen molar-refractivity contribution in [3.05, 3.63) is 35.7 Å². The van der Waals surface area contributed by atoms with Crippen LogP contribution in [0.4, 0.5) is 5.82 Å². The lowest BCUT2D eigenvalue weighted by Gasteiger charge is -2.09. The fraction of sp³-hybridized carbons (Fsp3) is 0.154. The Labute approximate surface area is 105 Å². The Bertz CT molecular complexity index is 611. The van der Waals surface area contributed by atoms with Gasteiger partial charge in [-0.1, -0.05) is 0 Å². The van der Waals surface area contributed by atoms with Crippen LogP contribution in [-0.2, 0) is 0 Å². The van der Waals surface area contributed by atoms with Crippen molar-refractivity contribution < 1.29 is 4.74 Å². The molecule has 0 aliphatic heterocycles. The van der Waals surface area contributed by atoms with Gasteiger partial charge in [-0.05, 0) is 25.1 Å². The Hall–Kier alpha value is -2.61. The Balaban J connectivity index is 2.65. The minimum atomic E-state index is 0.391. The molecule has 2 rings (SSSR count). The number of aryl methyl sites for hydroxylation is 1. The average Bonchev–Trinajstić information content (AvgIpc) is 2.36. The quantitative estimate of drug-likeness (QED) is 0.866. The van der Waals surface area contributed by atoms with Gasteiger partial charge in [0.2, 0.25) is 0 Å². The maximum Gasteiger partial charge on any atom is 0.128 e. The summed E-state index contributed by atoms with van der Waals surface area (Å²) in [5.41, 5.74) is 7.62. The highest BCUT2D eigenvalue weighted by atomic mass is 16.5. The average molecular weight is 240 g/mol. The van der Waals surface area contributed by atoms with Crippen LogP contribution in [0.3, 0.4) is 0 Å². The summed E-state index contributed by atoms with van der Waals surface area (Å²) in [5, 5.41) is 8.93. The van der Waals surface area contributed by atoms with Gasteiger partial charge in [0, 0.05) is 11.6 Å². The van der Waals surface area contributed by atoms with Crippen LogP contribution < -0.4 is 10.5 Å². The zero-order valence-corrected chi connectivity index (χ0v) is 10.1. The van der Waals surface area contributed by atoms with Gasteiger partial charge in [0.15, 0.2) is 0 Å². The first-order chi connectivity index (χ1) is 8.63. The smallest absolute Gasteiger partial charge is 0.128 e. The van der Waals surface area contributed by atoms with E-state index in [2.05, 4.69) is 16.0 Å². The third-order valence-corrected chi connectivity index (χ3v) is 2.46. The zero-order valence-electron chi connectivity index (χ0n) is 10.1. The van der Waals surface area contributed by atoms with E-state index < -0.39 is 0 Å². The molecular formula is C13H12N4O. The molecule has 5 heteroatoms. The number of benzene rings is 1. The molecule has 0 spiro atoms. The van der Waals surface area contributed by atoms with E-state index in [9.17, 15) is 0 Å². The van der Waals surface area contributed by atoms with E-state index in [4.69, 9.17) is 15.7 Å². The van der Waals surface area contributed by atoms with Crippen molar-refractivity contribution in [3.63, 3.8) is 0 Å². The van der Waals surface area contributed by atoms with Gasteiger partial charge in [-0.3, -0.25) is 0 Å². The van der Waals surface area contributed by atoms with Gasteiger partial charge in [-0.15, -0.1) is 0 Å². The lowest BCUT2D eigenvalue weighted by atomic mass is 10.1. The van der Waals surface area contributed by atoms with Gasteiger partial charge in [-0.2, -0.15) is 5.26 Å². The number of methoxy groups -OCH3 is 1. The molecule has 1 heterocycles. The number of aromatic nitrogens is 2. The van der Waals surface area contributed by atoms with Gasteiger partial charge in [0.1, 0.15) is 17.4 Å². The van der Waals surface area contributed by atoms with E-state index in [1.54, 1.807) is 38.3 Å². The second-order valence-corrected chi connectivity index (χ2v) is 3.75. The Morgan fingerprint density at radius 3 is 2.67 bits per heavy atom. The zero-order chi connectivity index (χ0) is 13.1. The molecule has 18 heavy (non-hydrogen) atoms. The highest BCUT2D eigenvalue weighted by Gasteiger charge is 2.10. The highest BCUT2D eigenvalue weighted by Crippen LogP contribution is 2.30. The molecule has 0 aliphatic rings. The fourth-order valence-corrected chi connectivity index (χ4v) is 1.71. The summed E-state index contributed by atoms with van der Waals surface area (Å²) < 4.78 is 5.27. The van der Waals surface area contributed by atoms with Gasteiger partial charge >= 0.3 is 0 Å². The highest BCUT2D eigenvalue weighted by molar-refractivity contribution is 5.70. The number of hydrogen-bond acceptors (Lipinski definition) is 5. The molecule has 0 fully saturated rings. The topological polar surface area (TPSA) is 84.8 Å². The minimum absolute atomic E-state index is 0.391. The molecular weight excluding hydrogens is 228 g/mol. The summed E-state index contributed by atoms with van der Waals surface area (Å²) in [4.78, 5) is 8.33. The van der Waals surface area contributed by atoms with Crippen molar-refractivity contribution in [3.8, 4) is 23.1 Å². The molecule has 0 amide bonds. The van der Waals surface area contributed by atoms with Crippen LogP contribution in [0.15, 0.2) is 24.3 Å². The van der Waals surface area contributed by atoms with Crippen LogP contribution >= 0.6 is 0 Å². The molecule has 2 aromatic rings. The first kappa shape index (κ1) is 11.9. The number of nitrogens with zero attached hydrogens (tertiary/aromatic N) is 3. The van der Waals surface area contributed by atoms with Crippen LogP contribution in [0.25, 0.3) is 11.3 Å². The van der Waals surface area contributed by atoms with Crippen LogP contribution in [0.1, 0.15) is 11.4 Å². The molecule has 0 aliphatic carbocycles. The van der Waals surface area contributed by atoms with Crippen LogP contribution in [-0.4, -0.2) is 17.1 Å². The summed E-state index contributed by atoms with van der Waals surface area (Å²) >= 11 is 0. The van der Waals surface area contributed by atoms with E-state index in [-0.39, 0.29) is 0 Å². The van der Waals surface area contributed by atoms with Crippen molar-refractivity contribution in [2.24, 2.45) is 0 Å². The summed E-state index contributed by atoms with van der Waals surface area (Å²) in [6.45, 7) is 1.76.